The number of halogens is 4. The Morgan fingerprint density at radius 3 is 2.27 bits per heavy atom. The van der Waals surface area contributed by atoms with Gasteiger partial charge in [0.05, 0.1) is 10.5 Å². The molecule has 1 saturated carbocycles. The lowest BCUT2D eigenvalue weighted by atomic mass is 9.73. The molecule has 37 heavy (non-hydrogen) atoms. The molecule has 0 radical (unpaired) electrons. The topological polar surface area (TPSA) is 66.5 Å². The molecule has 2 aliphatic rings. The van der Waals surface area contributed by atoms with Gasteiger partial charge in [-0.25, -0.2) is 12.8 Å². The molecule has 1 saturated heterocycles. The van der Waals surface area contributed by atoms with Crippen molar-refractivity contribution in [2.75, 3.05) is 6.54 Å². The van der Waals surface area contributed by atoms with Gasteiger partial charge in [-0.1, -0.05) is 30.3 Å². The SMILES string of the molecule is O=C(NCc1cccc(-c2ccc(C(F)(F)F)cc2)c1)C1C2CCC2CN1S(=O)(=O)c1ccc(F)cc1. The molecule has 5 rings (SSSR count). The number of alkyl halides is 3. The third-order valence-corrected chi connectivity index (χ3v) is 9.10. The number of rotatable bonds is 6. The lowest BCUT2D eigenvalue weighted by Gasteiger charge is -2.32. The molecule has 3 unspecified atom stereocenters. The minimum atomic E-state index is -4.41. The van der Waals surface area contributed by atoms with Crippen molar-refractivity contribution in [1.29, 1.82) is 0 Å². The van der Waals surface area contributed by atoms with Crippen molar-refractivity contribution < 1.29 is 30.8 Å². The summed E-state index contributed by atoms with van der Waals surface area (Å²) >= 11 is 0. The minimum absolute atomic E-state index is 0.0581. The van der Waals surface area contributed by atoms with E-state index in [9.17, 15) is 30.8 Å². The Labute approximate surface area is 212 Å². The quantitative estimate of drug-likeness (QED) is 0.443. The molecule has 5 nitrogen and oxygen atoms in total. The van der Waals surface area contributed by atoms with Gasteiger partial charge in [0, 0.05) is 13.1 Å². The van der Waals surface area contributed by atoms with Crippen molar-refractivity contribution in [2.45, 2.75) is 36.5 Å². The molecule has 1 heterocycles. The number of amides is 1. The Bertz CT molecular complexity index is 1410. The summed E-state index contributed by atoms with van der Waals surface area (Å²) in [6.45, 7) is 0.373. The third kappa shape index (κ3) is 5.00. The van der Waals surface area contributed by atoms with E-state index in [2.05, 4.69) is 5.32 Å². The highest BCUT2D eigenvalue weighted by molar-refractivity contribution is 7.89. The molecule has 1 N–H and O–H groups in total. The zero-order chi connectivity index (χ0) is 26.4. The summed E-state index contributed by atoms with van der Waals surface area (Å²) in [7, 11) is -3.99. The molecule has 194 valence electrons. The molecule has 10 heteroatoms. The Hall–Kier alpha value is -3.24. The zero-order valence-electron chi connectivity index (χ0n) is 19.6. The lowest BCUT2D eigenvalue weighted by Crippen LogP contribution is -2.49. The second kappa shape index (κ2) is 9.57. The number of nitrogens with one attached hydrogen (secondary N) is 1. The maximum absolute atomic E-state index is 13.3. The van der Waals surface area contributed by atoms with Gasteiger partial charge in [0.2, 0.25) is 15.9 Å². The number of benzene rings is 3. The van der Waals surface area contributed by atoms with Crippen molar-refractivity contribution in [3.63, 3.8) is 0 Å². The van der Waals surface area contributed by atoms with E-state index in [0.717, 1.165) is 42.7 Å². The van der Waals surface area contributed by atoms with Gasteiger partial charge in [-0.15, -0.1) is 0 Å². The summed E-state index contributed by atoms with van der Waals surface area (Å²) in [6.07, 6.45) is -2.82. The first-order chi connectivity index (χ1) is 17.5. The maximum Gasteiger partial charge on any atom is 0.416 e. The van der Waals surface area contributed by atoms with Crippen LogP contribution in [0.1, 0.15) is 24.0 Å². The molecule has 0 spiro atoms. The van der Waals surface area contributed by atoms with Crippen molar-refractivity contribution in [1.82, 2.24) is 9.62 Å². The second-order valence-electron chi connectivity index (χ2n) is 9.47. The highest BCUT2D eigenvalue weighted by atomic mass is 32.2. The average molecular weight is 533 g/mol. The predicted octanol–water partition coefficient (Wildman–Crippen LogP) is 5.23. The highest BCUT2D eigenvalue weighted by Gasteiger charge is 2.54. The van der Waals surface area contributed by atoms with E-state index in [0.29, 0.717) is 11.1 Å². The normalized spacial score (nSPS) is 21.8. The second-order valence-corrected chi connectivity index (χ2v) is 11.4. The van der Waals surface area contributed by atoms with E-state index in [1.165, 1.54) is 28.6 Å². The van der Waals surface area contributed by atoms with Crippen LogP contribution in [0.25, 0.3) is 11.1 Å². The zero-order valence-corrected chi connectivity index (χ0v) is 20.4. The smallest absolute Gasteiger partial charge is 0.351 e. The summed E-state index contributed by atoms with van der Waals surface area (Å²) in [5.74, 6) is -0.922. The standard InChI is InChI=1S/C27H24F4N2O3S/c28-22-9-11-23(12-10-22)37(35,36)33-16-20-6-13-24(20)25(33)26(34)32-15-17-2-1-3-19(14-17)18-4-7-21(8-5-18)27(29,30)31/h1-5,7-12,14,20,24-25H,6,13,15-16H2,(H,32,34). The van der Waals surface area contributed by atoms with Crippen molar-refractivity contribution in [3.05, 3.63) is 89.7 Å². The molecule has 3 aromatic rings. The molecule has 1 aliphatic heterocycles. The number of nitrogens with zero attached hydrogens (tertiary/aromatic N) is 1. The molecule has 1 aliphatic carbocycles. The molecule has 0 bridgehead atoms. The molecular formula is C27H24F4N2O3S. The van der Waals surface area contributed by atoms with Crippen LogP contribution in [-0.2, 0) is 27.5 Å². The third-order valence-electron chi connectivity index (χ3n) is 7.23. The van der Waals surface area contributed by atoms with E-state index < -0.39 is 39.5 Å². The van der Waals surface area contributed by atoms with Gasteiger partial charge in [0.15, 0.2) is 0 Å². The number of fused-ring (bicyclic) bond motifs is 1. The van der Waals surface area contributed by atoms with Crippen molar-refractivity contribution >= 4 is 15.9 Å². The van der Waals surface area contributed by atoms with Crippen molar-refractivity contribution in [2.24, 2.45) is 11.8 Å². The number of sulfonamides is 1. The van der Waals surface area contributed by atoms with Crippen LogP contribution in [0, 0.1) is 17.7 Å². The van der Waals surface area contributed by atoms with Crippen LogP contribution in [0.4, 0.5) is 17.6 Å². The number of carbonyl (C=O) groups is 1. The summed E-state index contributed by atoms with van der Waals surface area (Å²) < 4.78 is 79.7. The first kappa shape index (κ1) is 25.4. The number of hydrogen-bond acceptors (Lipinski definition) is 3. The van der Waals surface area contributed by atoms with Gasteiger partial charge in [0.25, 0.3) is 0 Å². The summed E-state index contributed by atoms with van der Waals surface area (Å²) in [5, 5.41) is 2.84. The lowest BCUT2D eigenvalue weighted by molar-refractivity contribution is -0.137. The minimum Gasteiger partial charge on any atom is -0.351 e. The highest BCUT2D eigenvalue weighted by Crippen LogP contribution is 2.46. The van der Waals surface area contributed by atoms with E-state index in [4.69, 9.17) is 0 Å². The first-order valence-corrected chi connectivity index (χ1v) is 13.3. The van der Waals surface area contributed by atoms with E-state index >= 15 is 0 Å². The Morgan fingerprint density at radius 1 is 0.946 bits per heavy atom. The Balaban J connectivity index is 1.31. The van der Waals surface area contributed by atoms with Crippen LogP contribution in [0.2, 0.25) is 0 Å². The van der Waals surface area contributed by atoms with Crippen LogP contribution in [-0.4, -0.2) is 31.2 Å². The fourth-order valence-corrected chi connectivity index (χ4v) is 6.81. The van der Waals surface area contributed by atoms with Gasteiger partial charge in [-0.2, -0.15) is 17.5 Å². The maximum atomic E-state index is 13.3. The van der Waals surface area contributed by atoms with Gasteiger partial charge < -0.3 is 5.32 Å². The first-order valence-electron chi connectivity index (χ1n) is 11.9. The predicted molar refractivity (Wildman–Crippen MR) is 129 cm³/mol. The van der Waals surface area contributed by atoms with E-state index in [-0.39, 0.29) is 29.8 Å². The molecule has 3 atom stereocenters. The molecular weight excluding hydrogens is 508 g/mol. The fraction of sp³-hybridized carbons (Fsp3) is 0.296. The largest absolute Gasteiger partial charge is 0.416 e. The number of carbonyl (C=O) groups excluding carboxylic acids is 1. The summed E-state index contributed by atoms with van der Waals surface area (Å²) in [5.41, 5.74) is 1.29. The van der Waals surface area contributed by atoms with Crippen LogP contribution in [0.5, 0.6) is 0 Å². The molecule has 1 amide bonds. The van der Waals surface area contributed by atoms with Crippen LogP contribution in [0.15, 0.2) is 77.7 Å². The fourth-order valence-electron chi connectivity index (χ4n) is 5.12. The van der Waals surface area contributed by atoms with E-state index in [1.807, 2.05) is 0 Å². The van der Waals surface area contributed by atoms with Crippen molar-refractivity contribution in [3.8, 4) is 11.1 Å². The van der Waals surface area contributed by atoms with Crippen LogP contribution >= 0.6 is 0 Å². The Morgan fingerprint density at radius 2 is 1.65 bits per heavy atom. The average Bonchev–Trinajstić information content (AvgIpc) is 3.13. The summed E-state index contributed by atoms with van der Waals surface area (Å²) in [6, 6.07) is 15.6. The van der Waals surface area contributed by atoms with Gasteiger partial charge in [-0.3, -0.25) is 4.79 Å². The molecule has 3 aromatic carbocycles. The molecule has 0 aromatic heterocycles. The van der Waals surface area contributed by atoms with Gasteiger partial charge in [0.1, 0.15) is 11.9 Å². The van der Waals surface area contributed by atoms with E-state index in [1.54, 1.807) is 24.3 Å². The molecule has 2 fully saturated rings. The summed E-state index contributed by atoms with van der Waals surface area (Å²) in [4.78, 5) is 13.2. The van der Waals surface area contributed by atoms with Crippen LogP contribution in [0.3, 0.4) is 0 Å². The Kier molecular flexibility index (Phi) is 6.57. The van der Waals surface area contributed by atoms with Gasteiger partial charge in [-0.05, 0) is 83.8 Å². The van der Waals surface area contributed by atoms with Gasteiger partial charge >= 0.3 is 6.18 Å². The monoisotopic (exact) mass is 532 g/mol. The van der Waals surface area contributed by atoms with Crippen LogP contribution < -0.4 is 5.32 Å². The number of hydrogen-bond donors (Lipinski definition) is 1.